The molecule has 2 atom stereocenters. The van der Waals surface area contributed by atoms with Gasteiger partial charge in [-0.15, -0.1) is 0 Å². The molecule has 4 aromatic rings. The molecule has 38 heavy (non-hydrogen) atoms. The van der Waals surface area contributed by atoms with Crippen LogP contribution in [0.5, 0.6) is 0 Å². The average molecular weight is 512 g/mol. The number of hydrogen-bond acceptors (Lipinski definition) is 4. The van der Waals surface area contributed by atoms with E-state index in [4.69, 9.17) is 4.74 Å². The summed E-state index contributed by atoms with van der Waals surface area (Å²) in [6.45, 7) is 0.350. The standard InChI is InChI=1S/C30H26FN3O4/c1-38-30(37)20-10-8-19(9-11-20)28-27-23(22-4-2-3-5-24(22)32-27)16-25-29(36)33(17-26(35)34(25)28)15-14-18-6-12-21(31)13-7-18/h2-13,25,28,32H,14-17H2,1H3. The number of benzene rings is 3. The third-order valence-electron chi connectivity index (χ3n) is 7.57. The number of aromatic nitrogens is 1. The van der Waals surface area contributed by atoms with E-state index < -0.39 is 18.1 Å². The molecular formula is C30H26FN3O4. The number of ether oxygens (including phenoxy) is 1. The van der Waals surface area contributed by atoms with Gasteiger partial charge in [0.25, 0.3) is 0 Å². The van der Waals surface area contributed by atoms with Gasteiger partial charge < -0.3 is 19.5 Å². The summed E-state index contributed by atoms with van der Waals surface area (Å²) >= 11 is 0. The number of amides is 2. The number of halogens is 1. The van der Waals surface area contributed by atoms with Crippen molar-refractivity contribution in [3.05, 3.63) is 107 Å². The summed E-state index contributed by atoms with van der Waals surface area (Å²) in [4.78, 5) is 46.3. The molecule has 2 aliphatic rings. The average Bonchev–Trinajstić information content (AvgIpc) is 3.32. The number of para-hydroxylation sites is 1. The van der Waals surface area contributed by atoms with Gasteiger partial charge >= 0.3 is 5.97 Å². The van der Waals surface area contributed by atoms with Crippen LogP contribution in [0.4, 0.5) is 4.39 Å². The zero-order valence-electron chi connectivity index (χ0n) is 20.8. The lowest BCUT2D eigenvalue weighted by Crippen LogP contribution is -2.63. The summed E-state index contributed by atoms with van der Waals surface area (Å²) < 4.78 is 18.1. The maximum atomic E-state index is 13.8. The number of esters is 1. The molecule has 1 saturated heterocycles. The van der Waals surface area contributed by atoms with E-state index in [1.807, 2.05) is 36.4 Å². The molecule has 2 aliphatic heterocycles. The Balaban J connectivity index is 1.37. The van der Waals surface area contributed by atoms with Crippen molar-refractivity contribution in [1.82, 2.24) is 14.8 Å². The van der Waals surface area contributed by atoms with Crippen molar-refractivity contribution in [3.63, 3.8) is 0 Å². The fourth-order valence-electron chi connectivity index (χ4n) is 5.69. The van der Waals surface area contributed by atoms with E-state index in [2.05, 4.69) is 4.98 Å². The molecule has 0 spiro atoms. The first-order valence-electron chi connectivity index (χ1n) is 12.6. The summed E-state index contributed by atoms with van der Waals surface area (Å²) in [5.74, 6) is -0.986. The van der Waals surface area contributed by atoms with Crippen molar-refractivity contribution >= 4 is 28.7 Å². The van der Waals surface area contributed by atoms with E-state index in [-0.39, 0.29) is 24.2 Å². The van der Waals surface area contributed by atoms with E-state index in [1.165, 1.54) is 19.2 Å². The third-order valence-corrected chi connectivity index (χ3v) is 7.57. The second-order valence-electron chi connectivity index (χ2n) is 9.74. The lowest BCUT2D eigenvalue weighted by atomic mass is 9.86. The molecule has 0 saturated carbocycles. The minimum absolute atomic E-state index is 0.0250. The number of H-pyrrole nitrogens is 1. The highest BCUT2D eigenvalue weighted by molar-refractivity contribution is 5.97. The number of fused-ring (bicyclic) bond motifs is 4. The molecule has 3 aromatic carbocycles. The fraction of sp³-hybridized carbons (Fsp3) is 0.233. The normalized spacial score (nSPS) is 18.9. The van der Waals surface area contributed by atoms with Crippen LogP contribution in [0.1, 0.15) is 38.8 Å². The highest BCUT2D eigenvalue weighted by Gasteiger charge is 2.48. The Hall–Kier alpha value is -4.46. The molecule has 0 aliphatic carbocycles. The van der Waals surface area contributed by atoms with E-state index in [1.54, 1.807) is 34.1 Å². The predicted octanol–water partition coefficient (Wildman–Crippen LogP) is 4.02. The minimum atomic E-state index is -0.651. The fourth-order valence-corrected chi connectivity index (χ4v) is 5.69. The van der Waals surface area contributed by atoms with E-state index in [9.17, 15) is 18.8 Å². The first-order chi connectivity index (χ1) is 18.4. The maximum Gasteiger partial charge on any atom is 0.337 e. The number of piperazine rings is 1. The van der Waals surface area contributed by atoms with Crippen LogP contribution in [-0.2, 0) is 27.2 Å². The monoisotopic (exact) mass is 511 g/mol. The van der Waals surface area contributed by atoms with Gasteiger partial charge in [0.2, 0.25) is 11.8 Å². The van der Waals surface area contributed by atoms with E-state index in [0.29, 0.717) is 24.9 Å². The molecule has 2 amide bonds. The second kappa shape index (κ2) is 9.45. The number of nitrogens with zero attached hydrogens (tertiary/aromatic N) is 2. The van der Waals surface area contributed by atoms with Gasteiger partial charge in [-0.3, -0.25) is 9.59 Å². The Morgan fingerprint density at radius 2 is 1.76 bits per heavy atom. The quantitative estimate of drug-likeness (QED) is 0.411. The zero-order chi connectivity index (χ0) is 26.4. The molecule has 0 bridgehead atoms. The summed E-state index contributed by atoms with van der Waals surface area (Å²) in [6, 6.07) is 20.0. The molecule has 3 heterocycles. The molecule has 1 fully saturated rings. The molecule has 2 unspecified atom stereocenters. The van der Waals surface area contributed by atoms with Gasteiger partial charge in [0.1, 0.15) is 11.9 Å². The Labute approximate surface area is 218 Å². The van der Waals surface area contributed by atoms with Crippen molar-refractivity contribution in [1.29, 1.82) is 0 Å². The van der Waals surface area contributed by atoms with Crippen molar-refractivity contribution in [2.75, 3.05) is 20.2 Å². The molecule has 7 nitrogen and oxygen atoms in total. The SMILES string of the molecule is COC(=O)c1ccc(C2c3[nH]c4ccccc4c3CC3C(=O)N(CCc4ccc(F)cc4)CC(=O)N32)cc1. The molecule has 8 heteroatoms. The van der Waals surface area contributed by atoms with Crippen molar-refractivity contribution in [2.45, 2.75) is 24.9 Å². The van der Waals surface area contributed by atoms with Gasteiger partial charge in [-0.25, -0.2) is 9.18 Å². The Bertz CT molecular complexity index is 1540. The Morgan fingerprint density at radius 3 is 2.50 bits per heavy atom. The molecule has 0 radical (unpaired) electrons. The number of hydrogen-bond donors (Lipinski definition) is 1. The molecule has 6 rings (SSSR count). The van der Waals surface area contributed by atoms with Gasteiger partial charge in [0, 0.05) is 29.6 Å². The maximum absolute atomic E-state index is 13.8. The summed E-state index contributed by atoms with van der Waals surface area (Å²) in [5.41, 5.74) is 4.96. The molecule has 1 N–H and O–H groups in total. The smallest absolute Gasteiger partial charge is 0.337 e. The summed E-state index contributed by atoms with van der Waals surface area (Å²) in [7, 11) is 1.33. The second-order valence-corrected chi connectivity index (χ2v) is 9.74. The van der Waals surface area contributed by atoms with Crippen LogP contribution in [0.2, 0.25) is 0 Å². The van der Waals surface area contributed by atoms with Crippen molar-refractivity contribution in [3.8, 4) is 0 Å². The van der Waals surface area contributed by atoms with Crippen molar-refractivity contribution in [2.24, 2.45) is 0 Å². The van der Waals surface area contributed by atoms with Crippen LogP contribution in [-0.4, -0.2) is 58.8 Å². The Kier molecular flexibility index (Phi) is 5.94. The largest absolute Gasteiger partial charge is 0.465 e. The summed E-state index contributed by atoms with van der Waals surface area (Å²) in [6.07, 6.45) is 0.941. The van der Waals surface area contributed by atoms with Crippen molar-refractivity contribution < 1.29 is 23.5 Å². The van der Waals surface area contributed by atoms with Gasteiger partial charge in [0.15, 0.2) is 0 Å². The van der Waals surface area contributed by atoms with Gasteiger partial charge in [-0.1, -0.05) is 42.5 Å². The summed E-state index contributed by atoms with van der Waals surface area (Å²) in [5, 5.41) is 1.03. The number of aromatic amines is 1. The van der Waals surface area contributed by atoms with Crippen LogP contribution < -0.4 is 0 Å². The molecule has 192 valence electrons. The van der Waals surface area contributed by atoms with Crippen LogP contribution >= 0.6 is 0 Å². The third kappa shape index (κ3) is 4.02. The lowest BCUT2D eigenvalue weighted by Gasteiger charge is -2.47. The number of nitrogens with one attached hydrogen (secondary N) is 1. The predicted molar refractivity (Wildman–Crippen MR) is 139 cm³/mol. The zero-order valence-corrected chi connectivity index (χ0v) is 20.8. The van der Waals surface area contributed by atoms with E-state index in [0.717, 1.165) is 33.3 Å². The number of rotatable bonds is 5. The number of carbonyl (C=O) groups excluding carboxylic acids is 3. The van der Waals surface area contributed by atoms with Crippen LogP contribution in [0.15, 0.2) is 72.8 Å². The minimum Gasteiger partial charge on any atom is -0.465 e. The molecule has 1 aromatic heterocycles. The topological polar surface area (TPSA) is 82.7 Å². The Morgan fingerprint density at radius 1 is 1.03 bits per heavy atom. The van der Waals surface area contributed by atoms with Gasteiger partial charge in [-0.2, -0.15) is 0 Å². The highest BCUT2D eigenvalue weighted by Crippen LogP contribution is 2.42. The van der Waals surface area contributed by atoms with Crippen LogP contribution in [0.3, 0.4) is 0 Å². The van der Waals surface area contributed by atoms with Crippen LogP contribution in [0.25, 0.3) is 10.9 Å². The number of methoxy groups -OCH3 is 1. The van der Waals surface area contributed by atoms with E-state index >= 15 is 0 Å². The first-order valence-corrected chi connectivity index (χ1v) is 12.6. The van der Waals surface area contributed by atoms with Crippen LogP contribution in [0, 0.1) is 5.82 Å². The molecular weight excluding hydrogens is 485 g/mol. The highest BCUT2D eigenvalue weighted by atomic mass is 19.1. The van der Waals surface area contributed by atoms with Gasteiger partial charge in [0.05, 0.1) is 25.3 Å². The van der Waals surface area contributed by atoms with Gasteiger partial charge in [-0.05, 0) is 53.4 Å². The first kappa shape index (κ1) is 23.9. The lowest BCUT2D eigenvalue weighted by molar-refractivity contribution is -0.158. The number of carbonyl (C=O) groups is 3.